The molecule has 1 heterocycles. The lowest BCUT2D eigenvalue weighted by molar-refractivity contribution is 0.145. The second-order valence-electron chi connectivity index (χ2n) is 5.54. The van der Waals surface area contributed by atoms with Gasteiger partial charge in [-0.15, -0.1) is 0 Å². The number of rotatable bonds is 7. The average Bonchev–Trinajstić information content (AvgIpc) is 3.12. The van der Waals surface area contributed by atoms with Crippen LogP contribution in [0.4, 0.5) is 8.78 Å². The van der Waals surface area contributed by atoms with Crippen LogP contribution >= 0.6 is 0 Å². The number of alkyl halides is 2. The number of ether oxygens (including phenoxy) is 1. The monoisotopic (exact) mass is 394 g/mol. The van der Waals surface area contributed by atoms with E-state index in [2.05, 4.69) is 9.28 Å². The van der Waals surface area contributed by atoms with E-state index < -0.39 is 17.8 Å². The first kappa shape index (κ1) is 19.2. The Morgan fingerprint density at radius 3 is 2.37 bits per heavy atom. The number of benzene rings is 2. The van der Waals surface area contributed by atoms with Crippen LogP contribution in [0.25, 0.3) is 16.9 Å². The quantitative estimate of drug-likeness (QED) is 0.610. The fourth-order valence-electron chi connectivity index (χ4n) is 2.52. The van der Waals surface area contributed by atoms with E-state index in [9.17, 15) is 13.0 Å². The normalized spacial score (nSPS) is 12.3. The van der Waals surface area contributed by atoms with E-state index in [1.807, 2.05) is 0 Å². The van der Waals surface area contributed by atoms with Crippen molar-refractivity contribution in [2.24, 2.45) is 0 Å². The van der Waals surface area contributed by atoms with Crippen molar-refractivity contribution in [2.45, 2.75) is 13.0 Å². The maximum Gasteiger partial charge on any atom is 0.302 e. The zero-order valence-corrected chi connectivity index (χ0v) is 15.0. The highest BCUT2D eigenvalue weighted by molar-refractivity contribution is 7.74. The smallest absolute Gasteiger partial charge is 0.302 e. The SMILES string of the molecule is COc1ccc(-n2nc(C(F)F)cc2-c2ccc(COS(=O)O)cc2)cc1. The minimum atomic E-state index is -2.70. The number of nitrogens with zero attached hydrogens (tertiary/aromatic N) is 2. The number of aromatic nitrogens is 2. The summed E-state index contributed by atoms with van der Waals surface area (Å²) in [5, 5.41) is 4.02. The molecule has 3 rings (SSSR count). The molecular weight excluding hydrogens is 378 g/mol. The molecule has 1 atom stereocenters. The van der Waals surface area contributed by atoms with Crippen molar-refractivity contribution in [3.63, 3.8) is 0 Å². The molecule has 0 amide bonds. The van der Waals surface area contributed by atoms with Gasteiger partial charge in [-0.25, -0.2) is 13.5 Å². The van der Waals surface area contributed by atoms with E-state index in [-0.39, 0.29) is 12.3 Å². The van der Waals surface area contributed by atoms with Crippen molar-refractivity contribution in [1.82, 2.24) is 9.78 Å². The fraction of sp³-hybridized carbons (Fsp3) is 0.167. The molecule has 27 heavy (non-hydrogen) atoms. The minimum absolute atomic E-state index is 0.0383. The molecule has 0 aliphatic heterocycles. The predicted octanol–water partition coefficient (Wildman–Crippen LogP) is 4.14. The summed E-state index contributed by atoms with van der Waals surface area (Å²) in [4.78, 5) is 0. The summed E-state index contributed by atoms with van der Waals surface area (Å²) in [6, 6.07) is 15.0. The lowest BCUT2D eigenvalue weighted by Gasteiger charge is -2.09. The Labute approximate surface area is 156 Å². The van der Waals surface area contributed by atoms with Crippen LogP contribution < -0.4 is 4.74 Å². The first-order valence-corrected chi connectivity index (χ1v) is 8.87. The minimum Gasteiger partial charge on any atom is -0.497 e. The Morgan fingerprint density at radius 2 is 1.81 bits per heavy atom. The molecule has 1 unspecified atom stereocenters. The molecule has 2 aromatic carbocycles. The Morgan fingerprint density at radius 1 is 1.15 bits per heavy atom. The standard InChI is InChI=1S/C18H16F2N2O4S/c1-25-15-8-6-14(7-9-15)22-17(10-16(21-22)18(19)20)13-4-2-12(3-5-13)11-26-27(23)24/h2-10,18H,11H2,1H3,(H,23,24). The van der Waals surface area contributed by atoms with Crippen LogP contribution in [0, 0.1) is 0 Å². The maximum atomic E-state index is 13.2. The lowest BCUT2D eigenvalue weighted by atomic mass is 10.1. The second kappa shape index (κ2) is 8.38. The summed E-state index contributed by atoms with van der Waals surface area (Å²) < 4.78 is 56.8. The van der Waals surface area contributed by atoms with E-state index in [1.54, 1.807) is 55.6 Å². The van der Waals surface area contributed by atoms with Crippen molar-refractivity contribution >= 4 is 11.4 Å². The van der Waals surface area contributed by atoms with Crippen molar-refractivity contribution in [3.05, 3.63) is 65.9 Å². The number of halogens is 2. The molecule has 3 aromatic rings. The van der Waals surface area contributed by atoms with E-state index in [0.717, 1.165) is 0 Å². The van der Waals surface area contributed by atoms with Gasteiger partial charge in [-0.1, -0.05) is 24.3 Å². The van der Waals surface area contributed by atoms with Gasteiger partial charge < -0.3 is 4.74 Å². The Bertz CT molecular complexity index is 928. The van der Waals surface area contributed by atoms with Gasteiger partial charge in [-0.05, 0) is 35.9 Å². The summed E-state index contributed by atoms with van der Waals surface area (Å²) in [5.41, 5.74) is 2.11. The van der Waals surface area contributed by atoms with Gasteiger partial charge in [-0.2, -0.15) is 9.31 Å². The number of hydrogen-bond donors (Lipinski definition) is 1. The van der Waals surface area contributed by atoms with Crippen molar-refractivity contribution in [2.75, 3.05) is 7.11 Å². The van der Waals surface area contributed by atoms with Crippen LogP contribution in [-0.4, -0.2) is 25.7 Å². The third-order valence-corrected chi connectivity index (χ3v) is 4.16. The first-order chi connectivity index (χ1) is 13.0. The summed E-state index contributed by atoms with van der Waals surface area (Å²) >= 11 is -2.35. The highest BCUT2D eigenvalue weighted by atomic mass is 32.2. The van der Waals surface area contributed by atoms with Gasteiger partial charge in [0.2, 0.25) is 0 Å². The third kappa shape index (κ3) is 4.57. The highest BCUT2D eigenvalue weighted by Gasteiger charge is 2.18. The molecule has 0 spiro atoms. The third-order valence-electron chi connectivity index (χ3n) is 3.84. The molecule has 0 saturated heterocycles. The van der Waals surface area contributed by atoms with Crippen LogP contribution in [0.15, 0.2) is 54.6 Å². The molecular formula is C18H16F2N2O4S. The summed E-state index contributed by atoms with van der Waals surface area (Å²) in [6.45, 7) is -0.0383. The molecule has 142 valence electrons. The van der Waals surface area contributed by atoms with Crippen LogP contribution in [0.1, 0.15) is 17.7 Å². The Balaban J connectivity index is 1.97. The van der Waals surface area contributed by atoms with Gasteiger partial charge in [-0.3, -0.25) is 8.74 Å². The van der Waals surface area contributed by atoms with Crippen LogP contribution in [0.3, 0.4) is 0 Å². The van der Waals surface area contributed by atoms with E-state index in [1.165, 1.54) is 10.7 Å². The summed E-state index contributed by atoms with van der Waals surface area (Å²) in [6.07, 6.45) is -2.70. The highest BCUT2D eigenvalue weighted by Crippen LogP contribution is 2.29. The van der Waals surface area contributed by atoms with E-state index >= 15 is 0 Å². The average molecular weight is 394 g/mol. The fourth-order valence-corrected chi connectivity index (χ4v) is 2.76. The second-order valence-corrected chi connectivity index (χ2v) is 6.21. The van der Waals surface area contributed by atoms with Gasteiger partial charge in [0.05, 0.1) is 25.1 Å². The van der Waals surface area contributed by atoms with Gasteiger partial charge in [0.1, 0.15) is 11.4 Å². The molecule has 0 saturated carbocycles. The van der Waals surface area contributed by atoms with Gasteiger partial charge in [0.15, 0.2) is 0 Å². The molecule has 0 fully saturated rings. The Kier molecular flexibility index (Phi) is 5.94. The zero-order valence-electron chi connectivity index (χ0n) is 14.2. The number of methoxy groups -OCH3 is 1. The number of hydrogen-bond acceptors (Lipinski definition) is 4. The van der Waals surface area contributed by atoms with Gasteiger partial charge >= 0.3 is 11.4 Å². The summed E-state index contributed by atoms with van der Waals surface area (Å²) in [5.74, 6) is 0.646. The Hall–Kier alpha value is -2.62. The van der Waals surface area contributed by atoms with Crippen LogP contribution in [0.5, 0.6) is 5.75 Å². The predicted molar refractivity (Wildman–Crippen MR) is 96.1 cm³/mol. The molecule has 0 aliphatic rings. The topological polar surface area (TPSA) is 73.6 Å². The zero-order chi connectivity index (χ0) is 19.4. The maximum absolute atomic E-state index is 13.2. The van der Waals surface area contributed by atoms with Gasteiger partial charge in [0.25, 0.3) is 6.43 Å². The molecule has 1 aromatic heterocycles. The first-order valence-electron chi connectivity index (χ1n) is 7.84. The molecule has 6 nitrogen and oxygen atoms in total. The molecule has 0 aliphatic carbocycles. The van der Waals surface area contributed by atoms with Crippen LogP contribution in [-0.2, 0) is 22.2 Å². The van der Waals surface area contributed by atoms with Crippen molar-refractivity contribution < 1.29 is 26.5 Å². The largest absolute Gasteiger partial charge is 0.497 e. The van der Waals surface area contributed by atoms with Crippen molar-refractivity contribution in [3.8, 4) is 22.7 Å². The van der Waals surface area contributed by atoms with E-state index in [0.29, 0.717) is 28.3 Å². The molecule has 9 heteroatoms. The van der Waals surface area contributed by atoms with Crippen LogP contribution in [0.2, 0.25) is 0 Å². The van der Waals surface area contributed by atoms with E-state index in [4.69, 9.17) is 9.29 Å². The van der Waals surface area contributed by atoms with Crippen molar-refractivity contribution in [1.29, 1.82) is 0 Å². The molecule has 0 radical (unpaired) electrons. The van der Waals surface area contributed by atoms with Gasteiger partial charge in [0, 0.05) is 5.56 Å². The molecule has 1 N–H and O–H groups in total. The summed E-state index contributed by atoms with van der Waals surface area (Å²) in [7, 11) is 1.54. The lowest BCUT2D eigenvalue weighted by Crippen LogP contribution is -2.00. The molecule has 0 bridgehead atoms.